The fraction of sp³-hybridized carbons (Fsp3) is 0.214. The first-order valence-corrected chi connectivity index (χ1v) is 6.20. The second kappa shape index (κ2) is 6.19. The SMILES string of the molecule is O=C(N[C@H](CCO)C(=O)O)c1cc2ccccc2oc1=O. The Morgan fingerprint density at radius 2 is 2.00 bits per heavy atom. The Labute approximate surface area is 118 Å². The van der Waals surface area contributed by atoms with Gasteiger partial charge in [-0.05, 0) is 12.1 Å². The van der Waals surface area contributed by atoms with Crippen LogP contribution in [0, 0.1) is 0 Å². The molecule has 110 valence electrons. The van der Waals surface area contributed by atoms with E-state index in [-0.39, 0.29) is 12.0 Å². The number of aliphatic hydroxyl groups excluding tert-OH is 1. The van der Waals surface area contributed by atoms with Gasteiger partial charge in [0, 0.05) is 18.4 Å². The van der Waals surface area contributed by atoms with Gasteiger partial charge in [0.05, 0.1) is 0 Å². The predicted octanol–water partition coefficient (Wildman–Crippen LogP) is 0.358. The molecule has 0 fully saturated rings. The van der Waals surface area contributed by atoms with Crippen LogP contribution in [0.5, 0.6) is 0 Å². The molecule has 0 radical (unpaired) electrons. The number of hydrogen-bond donors (Lipinski definition) is 3. The van der Waals surface area contributed by atoms with Crippen molar-refractivity contribution in [3.63, 3.8) is 0 Å². The average molecular weight is 291 g/mol. The predicted molar refractivity (Wildman–Crippen MR) is 73.1 cm³/mol. The van der Waals surface area contributed by atoms with Crippen LogP contribution in [0.4, 0.5) is 0 Å². The summed E-state index contributed by atoms with van der Waals surface area (Å²) in [7, 11) is 0. The van der Waals surface area contributed by atoms with Gasteiger partial charge in [0.15, 0.2) is 0 Å². The number of carboxylic acids is 1. The van der Waals surface area contributed by atoms with Gasteiger partial charge in [0.2, 0.25) is 0 Å². The van der Waals surface area contributed by atoms with Crippen molar-refractivity contribution in [2.24, 2.45) is 0 Å². The molecule has 7 nitrogen and oxygen atoms in total. The molecule has 1 aromatic heterocycles. The molecule has 0 saturated heterocycles. The zero-order chi connectivity index (χ0) is 15.4. The third-order valence-electron chi connectivity index (χ3n) is 2.91. The maximum atomic E-state index is 12.0. The molecule has 2 aromatic rings. The zero-order valence-electron chi connectivity index (χ0n) is 10.9. The van der Waals surface area contributed by atoms with E-state index in [0.29, 0.717) is 11.0 Å². The first kappa shape index (κ1) is 14.7. The quantitative estimate of drug-likeness (QED) is 0.685. The van der Waals surface area contributed by atoms with E-state index in [1.54, 1.807) is 24.3 Å². The van der Waals surface area contributed by atoms with E-state index in [1.807, 2.05) is 0 Å². The molecule has 0 aliphatic rings. The summed E-state index contributed by atoms with van der Waals surface area (Å²) in [5.41, 5.74) is -0.790. The smallest absolute Gasteiger partial charge is 0.349 e. The number of rotatable bonds is 5. The number of amides is 1. The van der Waals surface area contributed by atoms with Gasteiger partial charge in [-0.3, -0.25) is 4.79 Å². The average Bonchev–Trinajstić information content (AvgIpc) is 2.45. The molecule has 3 N–H and O–H groups in total. The molecule has 0 aliphatic carbocycles. The van der Waals surface area contributed by atoms with Gasteiger partial charge in [-0.15, -0.1) is 0 Å². The minimum atomic E-state index is -1.29. The minimum Gasteiger partial charge on any atom is -0.480 e. The van der Waals surface area contributed by atoms with Gasteiger partial charge in [-0.2, -0.15) is 0 Å². The molecule has 7 heteroatoms. The summed E-state index contributed by atoms with van der Waals surface area (Å²) >= 11 is 0. The van der Waals surface area contributed by atoms with Crippen molar-refractivity contribution in [3.8, 4) is 0 Å². The first-order valence-electron chi connectivity index (χ1n) is 6.20. The molecule has 0 unspecified atom stereocenters. The maximum absolute atomic E-state index is 12.0. The fourth-order valence-corrected chi connectivity index (χ4v) is 1.84. The van der Waals surface area contributed by atoms with E-state index in [2.05, 4.69) is 5.32 Å². The molecule has 0 aliphatic heterocycles. The Morgan fingerprint density at radius 1 is 1.29 bits per heavy atom. The van der Waals surface area contributed by atoms with Gasteiger partial charge < -0.3 is 19.9 Å². The molecule has 21 heavy (non-hydrogen) atoms. The highest BCUT2D eigenvalue weighted by molar-refractivity contribution is 5.98. The Bertz CT molecular complexity index is 736. The van der Waals surface area contributed by atoms with E-state index in [4.69, 9.17) is 14.6 Å². The standard InChI is InChI=1S/C14H13NO6/c16-6-5-10(13(18)19)15-12(17)9-7-8-3-1-2-4-11(8)21-14(9)20/h1-4,7,10,16H,5-6H2,(H,15,17)(H,18,19)/t10-/m1/s1. The largest absolute Gasteiger partial charge is 0.480 e. The number of aliphatic hydroxyl groups is 1. The maximum Gasteiger partial charge on any atom is 0.349 e. The lowest BCUT2D eigenvalue weighted by atomic mass is 10.1. The lowest BCUT2D eigenvalue weighted by molar-refractivity contribution is -0.139. The van der Waals surface area contributed by atoms with Gasteiger partial charge in [0.1, 0.15) is 17.2 Å². The summed E-state index contributed by atoms with van der Waals surface area (Å²) in [6.07, 6.45) is -0.153. The number of aliphatic carboxylic acids is 1. The molecule has 1 atom stereocenters. The van der Waals surface area contributed by atoms with Gasteiger partial charge >= 0.3 is 11.6 Å². The summed E-state index contributed by atoms with van der Waals surface area (Å²) in [6, 6.07) is 6.73. The fourth-order valence-electron chi connectivity index (χ4n) is 1.84. The zero-order valence-corrected chi connectivity index (χ0v) is 10.9. The van der Waals surface area contributed by atoms with E-state index in [9.17, 15) is 14.4 Å². The molecule has 2 rings (SSSR count). The van der Waals surface area contributed by atoms with Crippen molar-refractivity contribution < 1.29 is 24.2 Å². The van der Waals surface area contributed by atoms with Gasteiger partial charge in [0.25, 0.3) is 5.91 Å². The molecule has 1 amide bonds. The first-order chi connectivity index (χ1) is 10.0. The number of carbonyl (C=O) groups excluding carboxylic acids is 1. The normalized spacial score (nSPS) is 12.0. The second-order valence-corrected chi connectivity index (χ2v) is 4.36. The molecule has 0 bridgehead atoms. The summed E-state index contributed by atoms with van der Waals surface area (Å²) in [6.45, 7) is -0.399. The van der Waals surface area contributed by atoms with Crippen molar-refractivity contribution in [2.45, 2.75) is 12.5 Å². The van der Waals surface area contributed by atoms with E-state index in [1.165, 1.54) is 6.07 Å². The van der Waals surface area contributed by atoms with Crippen LogP contribution in [-0.2, 0) is 4.79 Å². The molecule has 1 aromatic carbocycles. The third kappa shape index (κ3) is 3.26. The highest BCUT2D eigenvalue weighted by atomic mass is 16.4. The highest BCUT2D eigenvalue weighted by Gasteiger charge is 2.22. The number of fused-ring (bicyclic) bond motifs is 1. The monoisotopic (exact) mass is 291 g/mol. The van der Waals surface area contributed by atoms with Crippen molar-refractivity contribution in [1.82, 2.24) is 5.32 Å². The number of para-hydroxylation sites is 1. The summed E-state index contributed by atoms with van der Waals surface area (Å²) in [5.74, 6) is -2.14. The number of carboxylic acid groups (broad SMARTS) is 1. The summed E-state index contributed by atoms with van der Waals surface area (Å²) in [5, 5.41) is 20.4. The van der Waals surface area contributed by atoms with Gasteiger partial charge in [-0.1, -0.05) is 18.2 Å². The highest BCUT2D eigenvalue weighted by Crippen LogP contribution is 2.12. The summed E-state index contributed by atoms with van der Waals surface area (Å²) < 4.78 is 5.00. The van der Waals surface area contributed by atoms with Crippen LogP contribution in [0.15, 0.2) is 39.5 Å². The van der Waals surface area contributed by atoms with Crippen LogP contribution >= 0.6 is 0 Å². The van der Waals surface area contributed by atoms with Crippen LogP contribution < -0.4 is 10.9 Å². The van der Waals surface area contributed by atoms with Crippen LogP contribution in [0.3, 0.4) is 0 Å². The number of carbonyl (C=O) groups is 2. The Balaban J connectivity index is 2.32. The molecular weight excluding hydrogens is 278 g/mol. The van der Waals surface area contributed by atoms with Crippen LogP contribution in [0.1, 0.15) is 16.8 Å². The second-order valence-electron chi connectivity index (χ2n) is 4.36. The van der Waals surface area contributed by atoms with Crippen LogP contribution in [0.25, 0.3) is 11.0 Å². The minimum absolute atomic E-state index is 0.153. The molecular formula is C14H13NO6. The van der Waals surface area contributed by atoms with Crippen molar-refractivity contribution in [2.75, 3.05) is 6.61 Å². The number of hydrogen-bond acceptors (Lipinski definition) is 5. The topological polar surface area (TPSA) is 117 Å². The molecule has 0 saturated carbocycles. The van der Waals surface area contributed by atoms with Crippen molar-refractivity contribution in [1.29, 1.82) is 0 Å². The Hall–Kier alpha value is -2.67. The third-order valence-corrected chi connectivity index (χ3v) is 2.91. The van der Waals surface area contributed by atoms with E-state index >= 15 is 0 Å². The summed E-state index contributed by atoms with van der Waals surface area (Å²) in [4.78, 5) is 34.7. The lowest BCUT2D eigenvalue weighted by Gasteiger charge is -2.12. The number of benzene rings is 1. The van der Waals surface area contributed by atoms with E-state index < -0.39 is 30.2 Å². The van der Waals surface area contributed by atoms with Crippen molar-refractivity contribution >= 4 is 22.8 Å². The van der Waals surface area contributed by atoms with Crippen LogP contribution in [-0.4, -0.2) is 34.7 Å². The van der Waals surface area contributed by atoms with Crippen LogP contribution in [0.2, 0.25) is 0 Å². The van der Waals surface area contributed by atoms with Crippen molar-refractivity contribution in [3.05, 3.63) is 46.3 Å². The lowest BCUT2D eigenvalue weighted by Crippen LogP contribution is -2.42. The molecule has 0 spiro atoms. The molecule has 1 heterocycles. The number of nitrogens with one attached hydrogen (secondary N) is 1. The Kier molecular flexibility index (Phi) is 4.34. The Morgan fingerprint density at radius 3 is 2.67 bits per heavy atom. The van der Waals surface area contributed by atoms with E-state index in [0.717, 1.165) is 0 Å². The van der Waals surface area contributed by atoms with Gasteiger partial charge in [-0.25, -0.2) is 9.59 Å².